The van der Waals surface area contributed by atoms with Crippen LogP contribution in [0.25, 0.3) is 0 Å². The number of hydrogen-bond acceptors (Lipinski definition) is 3. The summed E-state index contributed by atoms with van der Waals surface area (Å²) in [5, 5.41) is 6.39. The highest BCUT2D eigenvalue weighted by atomic mass is 32.2. The van der Waals surface area contributed by atoms with Crippen LogP contribution < -0.4 is 10.6 Å². The topological polar surface area (TPSA) is 41.1 Å². The van der Waals surface area contributed by atoms with Crippen molar-refractivity contribution in [1.82, 2.24) is 5.32 Å². The molecule has 1 heterocycles. The lowest BCUT2D eigenvalue weighted by Crippen LogP contribution is -2.50. The van der Waals surface area contributed by atoms with Crippen LogP contribution in [0.15, 0.2) is 29.2 Å². The Labute approximate surface area is 113 Å². The van der Waals surface area contributed by atoms with Crippen molar-refractivity contribution in [3.8, 4) is 0 Å². The fourth-order valence-corrected chi connectivity index (χ4v) is 2.87. The maximum atomic E-state index is 12.4. The summed E-state index contributed by atoms with van der Waals surface area (Å²) in [7, 11) is 0. The minimum atomic E-state index is -0.366. The van der Waals surface area contributed by atoms with Gasteiger partial charge in [0, 0.05) is 10.6 Å². The lowest BCUT2D eigenvalue weighted by molar-refractivity contribution is -0.122. The summed E-state index contributed by atoms with van der Waals surface area (Å²) in [4.78, 5) is 13.6. The molecule has 0 saturated carbocycles. The van der Waals surface area contributed by atoms with E-state index in [0.29, 0.717) is 0 Å². The highest BCUT2D eigenvalue weighted by Crippen LogP contribution is 2.26. The Kier molecular flexibility index (Phi) is 4.30. The zero-order valence-electron chi connectivity index (χ0n) is 11.0. The SMILES string of the molecule is CCC1(C(=O)Nc2cccc(SC)c2)CCCN1. The Morgan fingerprint density at radius 3 is 3.00 bits per heavy atom. The van der Waals surface area contributed by atoms with E-state index in [4.69, 9.17) is 0 Å². The van der Waals surface area contributed by atoms with E-state index in [-0.39, 0.29) is 11.4 Å². The summed E-state index contributed by atoms with van der Waals surface area (Å²) in [5.74, 6) is 0.0979. The first-order valence-electron chi connectivity index (χ1n) is 6.41. The van der Waals surface area contributed by atoms with Crippen molar-refractivity contribution >= 4 is 23.4 Å². The minimum absolute atomic E-state index is 0.0979. The first kappa shape index (κ1) is 13.4. The largest absolute Gasteiger partial charge is 0.324 e. The van der Waals surface area contributed by atoms with Crippen molar-refractivity contribution in [3.05, 3.63) is 24.3 Å². The smallest absolute Gasteiger partial charge is 0.244 e. The zero-order chi connectivity index (χ0) is 13.0. The molecular formula is C14H20N2OS. The molecule has 0 radical (unpaired) electrons. The quantitative estimate of drug-likeness (QED) is 0.822. The number of thioether (sulfide) groups is 1. The third-order valence-corrected chi connectivity index (χ3v) is 4.33. The fraction of sp³-hybridized carbons (Fsp3) is 0.500. The maximum absolute atomic E-state index is 12.4. The van der Waals surface area contributed by atoms with Crippen LogP contribution in [0.3, 0.4) is 0 Å². The van der Waals surface area contributed by atoms with Gasteiger partial charge in [-0.2, -0.15) is 0 Å². The molecule has 1 fully saturated rings. The predicted octanol–water partition coefficient (Wildman–Crippen LogP) is 2.88. The summed E-state index contributed by atoms with van der Waals surface area (Å²) in [6.45, 7) is 3.00. The molecule has 1 aliphatic heterocycles. The van der Waals surface area contributed by atoms with Crippen molar-refractivity contribution in [1.29, 1.82) is 0 Å². The molecule has 2 rings (SSSR count). The van der Waals surface area contributed by atoms with Crippen LogP contribution in [-0.2, 0) is 4.79 Å². The van der Waals surface area contributed by atoms with Crippen molar-refractivity contribution in [2.45, 2.75) is 36.6 Å². The summed E-state index contributed by atoms with van der Waals surface area (Å²) in [6.07, 6.45) is 4.87. The van der Waals surface area contributed by atoms with E-state index in [1.165, 1.54) is 0 Å². The van der Waals surface area contributed by atoms with Crippen LogP contribution in [0.1, 0.15) is 26.2 Å². The van der Waals surface area contributed by atoms with Crippen LogP contribution in [0, 0.1) is 0 Å². The molecular weight excluding hydrogens is 244 g/mol. The van der Waals surface area contributed by atoms with Crippen molar-refractivity contribution in [2.75, 3.05) is 18.1 Å². The molecule has 0 aliphatic carbocycles. The predicted molar refractivity (Wildman–Crippen MR) is 77.1 cm³/mol. The van der Waals surface area contributed by atoms with E-state index in [2.05, 4.69) is 17.6 Å². The molecule has 1 atom stereocenters. The number of carbonyl (C=O) groups excluding carboxylic acids is 1. The molecule has 1 amide bonds. The first-order valence-corrected chi connectivity index (χ1v) is 7.63. The molecule has 1 aliphatic rings. The van der Waals surface area contributed by atoms with E-state index in [1.807, 2.05) is 30.5 Å². The molecule has 98 valence electrons. The molecule has 0 spiro atoms. The third kappa shape index (κ3) is 2.70. The van der Waals surface area contributed by atoms with Crippen molar-refractivity contribution in [2.24, 2.45) is 0 Å². The Morgan fingerprint density at radius 2 is 2.39 bits per heavy atom. The first-order chi connectivity index (χ1) is 8.70. The number of nitrogens with one attached hydrogen (secondary N) is 2. The Hall–Kier alpha value is -1.00. The number of hydrogen-bond donors (Lipinski definition) is 2. The highest BCUT2D eigenvalue weighted by molar-refractivity contribution is 7.98. The zero-order valence-corrected chi connectivity index (χ0v) is 11.8. The average Bonchev–Trinajstić information content (AvgIpc) is 2.89. The molecule has 18 heavy (non-hydrogen) atoms. The van der Waals surface area contributed by atoms with Gasteiger partial charge in [0.15, 0.2) is 0 Å². The van der Waals surface area contributed by atoms with Gasteiger partial charge < -0.3 is 10.6 Å². The van der Waals surface area contributed by atoms with Gasteiger partial charge in [-0.15, -0.1) is 11.8 Å². The van der Waals surface area contributed by atoms with E-state index in [0.717, 1.165) is 36.4 Å². The maximum Gasteiger partial charge on any atom is 0.244 e. The fourth-order valence-electron chi connectivity index (χ4n) is 2.41. The second-order valence-corrected chi connectivity index (χ2v) is 5.53. The standard InChI is InChI=1S/C14H20N2OS/c1-3-14(8-5-9-15-14)13(17)16-11-6-4-7-12(10-11)18-2/h4,6-7,10,15H,3,5,8-9H2,1-2H3,(H,16,17). The van der Waals surface area contributed by atoms with Gasteiger partial charge in [-0.25, -0.2) is 0 Å². The van der Waals surface area contributed by atoms with Crippen molar-refractivity contribution < 1.29 is 4.79 Å². The number of benzene rings is 1. The van der Waals surface area contributed by atoms with Crippen LogP contribution in [-0.4, -0.2) is 24.2 Å². The monoisotopic (exact) mass is 264 g/mol. The summed E-state index contributed by atoms with van der Waals surface area (Å²) >= 11 is 1.68. The molecule has 4 heteroatoms. The molecule has 0 aromatic heterocycles. The van der Waals surface area contributed by atoms with Crippen LogP contribution in [0.5, 0.6) is 0 Å². The highest BCUT2D eigenvalue weighted by Gasteiger charge is 2.38. The van der Waals surface area contributed by atoms with Crippen LogP contribution in [0.2, 0.25) is 0 Å². The van der Waals surface area contributed by atoms with Gasteiger partial charge >= 0.3 is 0 Å². The molecule has 1 aromatic carbocycles. The lowest BCUT2D eigenvalue weighted by Gasteiger charge is -2.26. The molecule has 1 saturated heterocycles. The lowest BCUT2D eigenvalue weighted by atomic mass is 9.93. The van der Waals surface area contributed by atoms with Gasteiger partial charge in [0.25, 0.3) is 0 Å². The van der Waals surface area contributed by atoms with Crippen LogP contribution in [0.4, 0.5) is 5.69 Å². The van der Waals surface area contributed by atoms with Gasteiger partial charge in [-0.1, -0.05) is 13.0 Å². The second-order valence-electron chi connectivity index (χ2n) is 4.65. The third-order valence-electron chi connectivity index (χ3n) is 3.61. The average molecular weight is 264 g/mol. The normalized spacial score (nSPS) is 23.0. The summed E-state index contributed by atoms with van der Waals surface area (Å²) in [5.41, 5.74) is 0.517. The second kappa shape index (κ2) is 5.76. The van der Waals surface area contributed by atoms with E-state index < -0.39 is 0 Å². The Morgan fingerprint density at radius 1 is 1.56 bits per heavy atom. The molecule has 0 bridgehead atoms. The van der Waals surface area contributed by atoms with Gasteiger partial charge in [0.2, 0.25) is 5.91 Å². The van der Waals surface area contributed by atoms with E-state index in [9.17, 15) is 4.79 Å². The number of anilines is 1. The van der Waals surface area contributed by atoms with Crippen molar-refractivity contribution in [3.63, 3.8) is 0 Å². The molecule has 1 aromatic rings. The summed E-state index contributed by atoms with van der Waals surface area (Å²) in [6, 6.07) is 7.97. The summed E-state index contributed by atoms with van der Waals surface area (Å²) < 4.78 is 0. The number of carbonyl (C=O) groups is 1. The Balaban J connectivity index is 2.10. The van der Waals surface area contributed by atoms with E-state index in [1.54, 1.807) is 11.8 Å². The Bertz CT molecular complexity index is 428. The van der Waals surface area contributed by atoms with Gasteiger partial charge in [-0.05, 0) is 50.3 Å². The van der Waals surface area contributed by atoms with Gasteiger partial charge in [0.1, 0.15) is 0 Å². The van der Waals surface area contributed by atoms with Gasteiger partial charge in [0.05, 0.1) is 5.54 Å². The van der Waals surface area contributed by atoms with Gasteiger partial charge in [-0.3, -0.25) is 4.79 Å². The molecule has 1 unspecified atom stereocenters. The number of amides is 1. The van der Waals surface area contributed by atoms with Crippen LogP contribution >= 0.6 is 11.8 Å². The van der Waals surface area contributed by atoms with E-state index >= 15 is 0 Å². The minimum Gasteiger partial charge on any atom is -0.324 e. The molecule has 3 nitrogen and oxygen atoms in total. The number of rotatable bonds is 4. The molecule has 2 N–H and O–H groups in total.